The summed E-state index contributed by atoms with van der Waals surface area (Å²) < 4.78 is 0. The van der Waals surface area contributed by atoms with Gasteiger partial charge in [-0.05, 0) is 23.5 Å². The first-order valence-corrected chi connectivity index (χ1v) is 11.0. The lowest BCUT2D eigenvalue weighted by Gasteiger charge is -2.36. The van der Waals surface area contributed by atoms with Gasteiger partial charge in [0.2, 0.25) is 5.91 Å². The highest BCUT2D eigenvalue weighted by molar-refractivity contribution is 8.00. The van der Waals surface area contributed by atoms with Crippen LogP contribution in [0.2, 0.25) is 0 Å². The summed E-state index contributed by atoms with van der Waals surface area (Å²) in [5.74, 6) is 3.12. The van der Waals surface area contributed by atoms with Gasteiger partial charge in [-0.25, -0.2) is 0 Å². The van der Waals surface area contributed by atoms with Crippen LogP contribution in [0.25, 0.3) is 0 Å². The molecule has 0 aromatic heterocycles. The number of thioether (sulfide) groups is 1. The molecule has 1 aromatic rings. The van der Waals surface area contributed by atoms with Crippen molar-refractivity contribution in [2.45, 2.75) is 45.0 Å². The third-order valence-corrected chi connectivity index (χ3v) is 6.91. The molecule has 1 N–H and O–H groups in total. The molecule has 0 radical (unpaired) electrons. The molecule has 2 aliphatic heterocycles. The van der Waals surface area contributed by atoms with Crippen molar-refractivity contribution in [2.75, 3.05) is 32.4 Å². The van der Waals surface area contributed by atoms with Crippen LogP contribution in [0.3, 0.4) is 0 Å². The number of benzene rings is 1. The van der Waals surface area contributed by atoms with E-state index in [2.05, 4.69) is 65.1 Å². The van der Waals surface area contributed by atoms with Crippen LogP contribution in [0.4, 0.5) is 0 Å². The molecule has 2 heterocycles. The Morgan fingerprint density at radius 3 is 2.63 bits per heavy atom. The minimum atomic E-state index is 0.281. The monoisotopic (exact) mass is 388 g/mol. The van der Waals surface area contributed by atoms with E-state index in [0.717, 1.165) is 50.9 Å². The number of nitrogens with zero attached hydrogens (tertiary/aromatic N) is 3. The maximum Gasteiger partial charge on any atom is 0.222 e. The van der Waals surface area contributed by atoms with Crippen LogP contribution < -0.4 is 5.32 Å². The molecule has 6 heteroatoms. The molecule has 148 valence electrons. The molecule has 0 bridgehead atoms. The second kappa shape index (κ2) is 9.49. The van der Waals surface area contributed by atoms with Gasteiger partial charge < -0.3 is 15.1 Å². The first kappa shape index (κ1) is 20.1. The van der Waals surface area contributed by atoms with Crippen LogP contribution in [-0.4, -0.2) is 59.4 Å². The standard InChI is InChI=1S/C21H32N4OS/c1-16(2)19-15-25(11-12-27-19)21(22-3)23-13-17-6-8-18(9-7-17)14-24-10-4-5-20(24)26/h6-9,16,19H,4-5,10-15H2,1-3H3,(H,22,23). The lowest BCUT2D eigenvalue weighted by atomic mass is 10.1. The molecule has 5 nitrogen and oxygen atoms in total. The summed E-state index contributed by atoms with van der Waals surface area (Å²) in [5.41, 5.74) is 2.44. The molecular weight excluding hydrogens is 356 g/mol. The molecular formula is C21H32N4OS. The Labute approximate surface area is 167 Å². The predicted octanol–water partition coefficient (Wildman–Crippen LogP) is 2.96. The number of carbonyl (C=O) groups is 1. The van der Waals surface area contributed by atoms with E-state index in [9.17, 15) is 4.79 Å². The van der Waals surface area contributed by atoms with Crippen molar-refractivity contribution < 1.29 is 4.79 Å². The number of nitrogens with one attached hydrogen (secondary N) is 1. The van der Waals surface area contributed by atoms with Gasteiger partial charge >= 0.3 is 0 Å². The number of amides is 1. The molecule has 1 atom stereocenters. The maximum atomic E-state index is 11.8. The minimum Gasteiger partial charge on any atom is -0.352 e. The van der Waals surface area contributed by atoms with E-state index in [-0.39, 0.29) is 5.91 Å². The van der Waals surface area contributed by atoms with Crippen molar-refractivity contribution in [1.82, 2.24) is 15.1 Å². The van der Waals surface area contributed by atoms with Crippen molar-refractivity contribution >= 4 is 23.6 Å². The summed E-state index contributed by atoms with van der Waals surface area (Å²) in [6, 6.07) is 8.58. The zero-order valence-corrected chi connectivity index (χ0v) is 17.6. The Morgan fingerprint density at radius 2 is 2.00 bits per heavy atom. The third-order valence-electron chi connectivity index (χ3n) is 5.37. The molecule has 1 amide bonds. The zero-order chi connectivity index (χ0) is 19.2. The highest BCUT2D eigenvalue weighted by atomic mass is 32.2. The van der Waals surface area contributed by atoms with Crippen molar-refractivity contribution in [3.05, 3.63) is 35.4 Å². The van der Waals surface area contributed by atoms with Crippen molar-refractivity contribution in [3.8, 4) is 0 Å². The molecule has 0 aliphatic carbocycles. The van der Waals surface area contributed by atoms with Gasteiger partial charge in [0, 0.05) is 57.2 Å². The van der Waals surface area contributed by atoms with Crippen LogP contribution >= 0.6 is 11.8 Å². The number of hydrogen-bond acceptors (Lipinski definition) is 3. The number of guanidine groups is 1. The number of hydrogen-bond donors (Lipinski definition) is 1. The van der Waals surface area contributed by atoms with Crippen LogP contribution in [0.5, 0.6) is 0 Å². The quantitative estimate of drug-likeness (QED) is 0.622. The maximum absolute atomic E-state index is 11.8. The van der Waals surface area contributed by atoms with Crippen molar-refractivity contribution in [2.24, 2.45) is 10.9 Å². The smallest absolute Gasteiger partial charge is 0.222 e. The lowest BCUT2D eigenvalue weighted by Crippen LogP contribution is -2.48. The summed E-state index contributed by atoms with van der Waals surface area (Å²) >= 11 is 2.08. The summed E-state index contributed by atoms with van der Waals surface area (Å²) in [6.45, 7) is 9.11. The first-order chi connectivity index (χ1) is 13.1. The van der Waals surface area contributed by atoms with E-state index in [4.69, 9.17) is 0 Å². The van der Waals surface area contributed by atoms with Gasteiger partial charge in [0.1, 0.15) is 0 Å². The number of carbonyl (C=O) groups excluding carboxylic acids is 1. The van der Waals surface area contributed by atoms with Crippen molar-refractivity contribution in [3.63, 3.8) is 0 Å². The van der Waals surface area contributed by atoms with Gasteiger partial charge in [0.05, 0.1) is 0 Å². The molecule has 2 fully saturated rings. The molecule has 1 unspecified atom stereocenters. The summed E-state index contributed by atoms with van der Waals surface area (Å²) in [4.78, 5) is 20.6. The number of likely N-dealkylation sites (tertiary alicyclic amines) is 1. The molecule has 3 rings (SSSR count). The molecule has 0 spiro atoms. The summed E-state index contributed by atoms with van der Waals surface area (Å²) in [7, 11) is 1.87. The largest absolute Gasteiger partial charge is 0.352 e. The van der Waals surface area contributed by atoms with Crippen molar-refractivity contribution in [1.29, 1.82) is 0 Å². The van der Waals surface area contributed by atoms with Crippen LogP contribution in [-0.2, 0) is 17.9 Å². The molecule has 27 heavy (non-hydrogen) atoms. The highest BCUT2D eigenvalue weighted by Gasteiger charge is 2.24. The van der Waals surface area contributed by atoms with E-state index in [1.165, 1.54) is 11.1 Å². The Morgan fingerprint density at radius 1 is 1.26 bits per heavy atom. The van der Waals surface area contributed by atoms with E-state index in [1.807, 2.05) is 11.9 Å². The minimum absolute atomic E-state index is 0.281. The van der Waals surface area contributed by atoms with E-state index < -0.39 is 0 Å². The number of rotatable bonds is 5. The predicted molar refractivity (Wildman–Crippen MR) is 114 cm³/mol. The average molecular weight is 389 g/mol. The van der Waals surface area contributed by atoms with Crippen LogP contribution in [0.15, 0.2) is 29.3 Å². The normalized spacial score (nSPS) is 21.3. The molecule has 0 saturated carbocycles. The van der Waals surface area contributed by atoms with E-state index in [1.54, 1.807) is 0 Å². The topological polar surface area (TPSA) is 47.9 Å². The third kappa shape index (κ3) is 5.41. The lowest BCUT2D eigenvalue weighted by molar-refractivity contribution is -0.128. The van der Waals surface area contributed by atoms with Gasteiger partial charge in [-0.1, -0.05) is 38.1 Å². The van der Waals surface area contributed by atoms with Gasteiger partial charge in [-0.2, -0.15) is 11.8 Å². The fraction of sp³-hybridized carbons (Fsp3) is 0.619. The van der Waals surface area contributed by atoms with Gasteiger partial charge in [0.25, 0.3) is 0 Å². The van der Waals surface area contributed by atoms with Gasteiger partial charge in [-0.3, -0.25) is 9.79 Å². The average Bonchev–Trinajstić information content (AvgIpc) is 3.08. The second-order valence-electron chi connectivity index (χ2n) is 7.74. The Kier molecular flexibility index (Phi) is 7.05. The fourth-order valence-corrected chi connectivity index (χ4v) is 4.94. The van der Waals surface area contributed by atoms with Gasteiger partial charge in [-0.15, -0.1) is 0 Å². The molecule has 1 aromatic carbocycles. The molecule has 2 saturated heterocycles. The Hall–Kier alpha value is -1.69. The Bertz CT molecular complexity index is 659. The Balaban J connectivity index is 1.51. The zero-order valence-electron chi connectivity index (χ0n) is 16.8. The van der Waals surface area contributed by atoms with E-state index >= 15 is 0 Å². The molecule has 2 aliphatic rings. The van der Waals surface area contributed by atoms with Crippen LogP contribution in [0, 0.1) is 5.92 Å². The number of aliphatic imine (C=N–C) groups is 1. The highest BCUT2D eigenvalue weighted by Crippen LogP contribution is 2.25. The second-order valence-corrected chi connectivity index (χ2v) is 9.08. The first-order valence-electron chi connectivity index (χ1n) is 9.99. The van der Waals surface area contributed by atoms with Gasteiger partial charge in [0.15, 0.2) is 5.96 Å². The van der Waals surface area contributed by atoms with Crippen LogP contribution in [0.1, 0.15) is 37.8 Å². The SMILES string of the molecule is CN=C(NCc1ccc(CN2CCCC2=O)cc1)N1CCSC(C(C)C)C1. The fourth-order valence-electron chi connectivity index (χ4n) is 3.64. The van der Waals surface area contributed by atoms with E-state index in [0.29, 0.717) is 17.6 Å². The summed E-state index contributed by atoms with van der Waals surface area (Å²) in [6.07, 6.45) is 1.69. The summed E-state index contributed by atoms with van der Waals surface area (Å²) in [5, 5.41) is 4.19.